The fourth-order valence-electron chi connectivity index (χ4n) is 2.47. The standard InChI is InChI=1S/C18H19N3O3S/c1-11-6-5-7-13-17(11)25-18(20-13)21-19-10-12-8-14(22-2)16(24-4)15(9-12)23-3/h5-10H,1-4H3,(H,20,21). The van der Waals surface area contributed by atoms with Gasteiger partial charge in [-0.05, 0) is 30.7 Å². The van der Waals surface area contributed by atoms with E-state index in [1.165, 1.54) is 5.56 Å². The van der Waals surface area contributed by atoms with Gasteiger partial charge in [-0.15, -0.1) is 0 Å². The molecule has 1 heterocycles. The summed E-state index contributed by atoms with van der Waals surface area (Å²) >= 11 is 1.58. The van der Waals surface area contributed by atoms with Crippen LogP contribution in [0.25, 0.3) is 10.2 Å². The first-order valence-corrected chi connectivity index (χ1v) is 8.43. The summed E-state index contributed by atoms with van der Waals surface area (Å²) in [5.74, 6) is 1.72. The van der Waals surface area contributed by atoms with Crippen molar-refractivity contribution in [2.45, 2.75) is 6.92 Å². The van der Waals surface area contributed by atoms with Crippen molar-refractivity contribution in [3.63, 3.8) is 0 Å². The van der Waals surface area contributed by atoms with Crippen molar-refractivity contribution in [2.75, 3.05) is 26.8 Å². The van der Waals surface area contributed by atoms with Crippen LogP contribution >= 0.6 is 11.3 Å². The van der Waals surface area contributed by atoms with Gasteiger partial charge in [0.2, 0.25) is 10.9 Å². The summed E-state index contributed by atoms with van der Waals surface area (Å²) < 4.78 is 17.2. The number of hydrogen-bond donors (Lipinski definition) is 1. The number of nitrogens with zero attached hydrogens (tertiary/aromatic N) is 2. The number of aryl methyl sites for hydroxylation is 1. The highest BCUT2D eigenvalue weighted by Gasteiger charge is 2.12. The second-order valence-corrected chi connectivity index (χ2v) is 6.27. The average molecular weight is 357 g/mol. The molecule has 1 N–H and O–H groups in total. The van der Waals surface area contributed by atoms with E-state index in [0.29, 0.717) is 17.2 Å². The molecule has 0 fully saturated rings. The number of rotatable bonds is 6. The summed E-state index contributed by atoms with van der Waals surface area (Å²) in [5.41, 5.74) is 5.97. The molecule has 6 nitrogen and oxygen atoms in total. The highest BCUT2D eigenvalue weighted by Crippen LogP contribution is 2.37. The Bertz CT molecular complexity index is 896. The molecule has 0 aliphatic heterocycles. The molecule has 0 spiro atoms. The molecule has 0 saturated carbocycles. The van der Waals surface area contributed by atoms with Crippen LogP contribution in [0.2, 0.25) is 0 Å². The average Bonchev–Trinajstić information content (AvgIpc) is 3.05. The number of anilines is 1. The van der Waals surface area contributed by atoms with E-state index >= 15 is 0 Å². The molecule has 7 heteroatoms. The Morgan fingerprint density at radius 1 is 1.08 bits per heavy atom. The molecule has 130 valence electrons. The van der Waals surface area contributed by atoms with Crippen LogP contribution in [0.4, 0.5) is 5.13 Å². The molecular weight excluding hydrogens is 338 g/mol. The maximum Gasteiger partial charge on any atom is 0.204 e. The first-order chi connectivity index (χ1) is 12.2. The van der Waals surface area contributed by atoms with Crippen molar-refractivity contribution in [2.24, 2.45) is 5.10 Å². The molecule has 3 aromatic rings. The summed E-state index contributed by atoms with van der Waals surface area (Å²) in [6, 6.07) is 9.72. The van der Waals surface area contributed by atoms with Crippen LogP contribution in [-0.2, 0) is 0 Å². The maximum atomic E-state index is 5.34. The normalized spacial score (nSPS) is 11.0. The molecule has 1 aromatic heterocycles. The first kappa shape index (κ1) is 17.0. The summed E-state index contributed by atoms with van der Waals surface area (Å²) in [6.07, 6.45) is 1.68. The third kappa shape index (κ3) is 3.51. The largest absolute Gasteiger partial charge is 0.493 e. The van der Waals surface area contributed by atoms with Crippen molar-refractivity contribution in [1.82, 2.24) is 4.98 Å². The minimum absolute atomic E-state index is 0.553. The van der Waals surface area contributed by atoms with Crippen LogP contribution < -0.4 is 19.6 Å². The highest BCUT2D eigenvalue weighted by atomic mass is 32.1. The summed E-state index contributed by atoms with van der Waals surface area (Å²) in [5, 5.41) is 5.01. The van der Waals surface area contributed by atoms with Gasteiger partial charge in [0.1, 0.15) is 0 Å². The molecule has 3 rings (SSSR count). The molecule has 0 amide bonds. The maximum absolute atomic E-state index is 5.34. The molecule has 0 bridgehead atoms. The lowest BCUT2D eigenvalue weighted by Crippen LogP contribution is -1.97. The molecule has 0 aliphatic rings. The van der Waals surface area contributed by atoms with Gasteiger partial charge in [-0.2, -0.15) is 5.10 Å². The summed E-state index contributed by atoms with van der Waals surface area (Å²) in [4.78, 5) is 4.52. The van der Waals surface area contributed by atoms with Gasteiger partial charge in [-0.1, -0.05) is 23.5 Å². The molecule has 0 saturated heterocycles. The minimum atomic E-state index is 0.553. The number of aromatic nitrogens is 1. The van der Waals surface area contributed by atoms with E-state index in [9.17, 15) is 0 Å². The van der Waals surface area contributed by atoms with Crippen LogP contribution in [0.3, 0.4) is 0 Å². The third-order valence-electron chi connectivity index (χ3n) is 3.67. The Labute approximate surface area is 150 Å². The predicted octanol–water partition coefficient (Wildman–Crippen LogP) is 4.08. The number of ether oxygens (including phenoxy) is 3. The third-order valence-corrected chi connectivity index (χ3v) is 4.78. The number of benzene rings is 2. The number of fused-ring (bicyclic) bond motifs is 1. The Balaban J connectivity index is 1.82. The van der Waals surface area contributed by atoms with Gasteiger partial charge >= 0.3 is 0 Å². The van der Waals surface area contributed by atoms with E-state index in [1.807, 2.05) is 24.3 Å². The lowest BCUT2D eigenvalue weighted by Gasteiger charge is -2.12. The van der Waals surface area contributed by atoms with Gasteiger partial charge in [0.15, 0.2) is 11.5 Å². The number of hydrazone groups is 1. The van der Waals surface area contributed by atoms with Crippen molar-refractivity contribution in [1.29, 1.82) is 0 Å². The number of nitrogens with one attached hydrogen (secondary N) is 1. The molecule has 0 radical (unpaired) electrons. The van der Waals surface area contributed by atoms with E-state index in [1.54, 1.807) is 38.9 Å². The van der Waals surface area contributed by atoms with Gasteiger partial charge in [0, 0.05) is 5.56 Å². The Kier molecular flexibility index (Phi) is 5.04. The summed E-state index contributed by atoms with van der Waals surface area (Å²) in [7, 11) is 4.74. The summed E-state index contributed by atoms with van der Waals surface area (Å²) in [6.45, 7) is 2.07. The zero-order valence-corrected chi connectivity index (χ0v) is 15.3. The lowest BCUT2D eigenvalue weighted by molar-refractivity contribution is 0.324. The zero-order valence-electron chi connectivity index (χ0n) is 14.5. The molecule has 2 aromatic carbocycles. The second kappa shape index (κ2) is 7.40. The SMILES string of the molecule is COc1cc(C=NNc2nc3cccc(C)c3s2)cc(OC)c1OC. The van der Waals surface area contributed by atoms with Crippen molar-refractivity contribution in [3.05, 3.63) is 41.5 Å². The lowest BCUT2D eigenvalue weighted by atomic mass is 10.2. The fourth-order valence-corrected chi connectivity index (χ4v) is 3.36. The van der Waals surface area contributed by atoms with Crippen molar-refractivity contribution >= 4 is 32.9 Å². The van der Waals surface area contributed by atoms with Crippen molar-refractivity contribution in [3.8, 4) is 17.2 Å². The van der Waals surface area contributed by atoms with E-state index < -0.39 is 0 Å². The van der Waals surface area contributed by atoms with E-state index in [4.69, 9.17) is 14.2 Å². The Hall–Kier alpha value is -2.80. The Morgan fingerprint density at radius 3 is 2.40 bits per heavy atom. The van der Waals surface area contributed by atoms with Gasteiger partial charge in [0.25, 0.3) is 0 Å². The smallest absolute Gasteiger partial charge is 0.204 e. The number of methoxy groups -OCH3 is 3. The molecule has 0 unspecified atom stereocenters. The monoisotopic (exact) mass is 357 g/mol. The highest BCUT2D eigenvalue weighted by molar-refractivity contribution is 7.22. The van der Waals surface area contributed by atoms with Gasteiger partial charge in [0.05, 0.1) is 37.8 Å². The van der Waals surface area contributed by atoms with Crippen molar-refractivity contribution < 1.29 is 14.2 Å². The van der Waals surface area contributed by atoms with E-state index in [-0.39, 0.29) is 0 Å². The minimum Gasteiger partial charge on any atom is -0.493 e. The van der Waals surface area contributed by atoms with Crippen LogP contribution in [0.15, 0.2) is 35.4 Å². The second-order valence-electron chi connectivity index (χ2n) is 5.27. The molecular formula is C18H19N3O3S. The van der Waals surface area contributed by atoms with Crippen LogP contribution in [-0.4, -0.2) is 32.5 Å². The molecule has 0 aliphatic carbocycles. The first-order valence-electron chi connectivity index (χ1n) is 7.61. The number of thiazole rings is 1. The molecule has 0 atom stereocenters. The predicted molar refractivity (Wildman–Crippen MR) is 102 cm³/mol. The van der Waals surface area contributed by atoms with Gasteiger partial charge in [-0.3, -0.25) is 5.43 Å². The topological polar surface area (TPSA) is 65.0 Å². The van der Waals surface area contributed by atoms with E-state index in [0.717, 1.165) is 20.9 Å². The van der Waals surface area contributed by atoms with Crippen LogP contribution in [0.1, 0.15) is 11.1 Å². The van der Waals surface area contributed by atoms with E-state index in [2.05, 4.69) is 28.5 Å². The Morgan fingerprint density at radius 2 is 1.80 bits per heavy atom. The van der Waals surface area contributed by atoms with Gasteiger partial charge < -0.3 is 14.2 Å². The van der Waals surface area contributed by atoms with Gasteiger partial charge in [-0.25, -0.2) is 4.98 Å². The quantitative estimate of drug-likeness (QED) is 0.532. The molecule has 25 heavy (non-hydrogen) atoms. The number of hydrogen-bond acceptors (Lipinski definition) is 7. The van der Waals surface area contributed by atoms with Crippen LogP contribution in [0, 0.1) is 6.92 Å². The zero-order chi connectivity index (χ0) is 17.8. The fraction of sp³-hybridized carbons (Fsp3) is 0.222. The van der Waals surface area contributed by atoms with Crippen LogP contribution in [0.5, 0.6) is 17.2 Å².